The number of nitrogens with two attached hydrogens (primary N) is 1. The van der Waals surface area contributed by atoms with Gasteiger partial charge in [-0.1, -0.05) is 27.2 Å². The third kappa shape index (κ3) is 2.72. The van der Waals surface area contributed by atoms with Gasteiger partial charge in [0, 0.05) is 11.6 Å². The van der Waals surface area contributed by atoms with Crippen molar-refractivity contribution in [2.24, 2.45) is 11.8 Å². The van der Waals surface area contributed by atoms with Crippen LogP contribution in [0.2, 0.25) is 0 Å². The minimum atomic E-state index is 0.336. The summed E-state index contributed by atoms with van der Waals surface area (Å²) in [5.41, 5.74) is 3.73. The Morgan fingerprint density at radius 1 is 1.39 bits per heavy atom. The van der Waals surface area contributed by atoms with Gasteiger partial charge >= 0.3 is 0 Å². The first kappa shape index (κ1) is 13.1. The number of hydrazine groups is 1. The lowest BCUT2D eigenvalue weighted by molar-refractivity contribution is 0.691. The lowest BCUT2D eigenvalue weighted by atomic mass is 10.0. The maximum absolute atomic E-state index is 5.51. The van der Waals surface area contributed by atoms with Crippen molar-refractivity contribution in [1.82, 2.24) is 9.97 Å². The topological polar surface area (TPSA) is 75.9 Å². The van der Waals surface area contributed by atoms with Crippen molar-refractivity contribution in [2.75, 3.05) is 10.7 Å². The number of hydrogen-bond acceptors (Lipinski definition) is 5. The van der Waals surface area contributed by atoms with E-state index in [2.05, 4.69) is 41.5 Å². The Labute approximate surface area is 109 Å². The third-order valence-electron chi connectivity index (χ3n) is 3.50. The number of anilines is 2. The van der Waals surface area contributed by atoms with Crippen LogP contribution in [0.15, 0.2) is 6.33 Å². The zero-order chi connectivity index (χ0) is 13.1. The molecule has 1 heterocycles. The van der Waals surface area contributed by atoms with Crippen molar-refractivity contribution in [2.45, 2.75) is 52.0 Å². The van der Waals surface area contributed by atoms with E-state index in [0.29, 0.717) is 12.0 Å². The van der Waals surface area contributed by atoms with Crippen molar-refractivity contribution in [3.8, 4) is 0 Å². The van der Waals surface area contributed by atoms with Crippen LogP contribution in [-0.4, -0.2) is 16.0 Å². The molecule has 0 aliphatic heterocycles. The fourth-order valence-corrected chi connectivity index (χ4v) is 2.46. The molecule has 2 unspecified atom stereocenters. The van der Waals surface area contributed by atoms with Crippen LogP contribution in [0.4, 0.5) is 11.6 Å². The Hall–Kier alpha value is -1.36. The average Bonchev–Trinajstić information content (AvgIpc) is 3.07. The maximum Gasteiger partial charge on any atom is 0.148 e. The van der Waals surface area contributed by atoms with Crippen LogP contribution in [0, 0.1) is 5.92 Å². The van der Waals surface area contributed by atoms with E-state index in [4.69, 9.17) is 5.84 Å². The first-order chi connectivity index (χ1) is 8.67. The maximum atomic E-state index is 5.51. The molecule has 0 radical (unpaired) electrons. The molecule has 18 heavy (non-hydrogen) atoms. The van der Waals surface area contributed by atoms with Crippen molar-refractivity contribution in [1.29, 1.82) is 0 Å². The van der Waals surface area contributed by atoms with Gasteiger partial charge in [0.25, 0.3) is 0 Å². The Kier molecular flexibility index (Phi) is 4.01. The van der Waals surface area contributed by atoms with E-state index in [-0.39, 0.29) is 0 Å². The molecule has 5 nitrogen and oxygen atoms in total. The molecule has 2 atom stereocenters. The number of rotatable bonds is 6. The van der Waals surface area contributed by atoms with Crippen LogP contribution in [0.1, 0.15) is 51.5 Å². The fourth-order valence-electron chi connectivity index (χ4n) is 2.46. The summed E-state index contributed by atoms with van der Waals surface area (Å²) in [7, 11) is 0. The van der Waals surface area contributed by atoms with Crippen LogP contribution < -0.4 is 16.6 Å². The molecule has 0 amide bonds. The van der Waals surface area contributed by atoms with Gasteiger partial charge in [0.05, 0.1) is 0 Å². The summed E-state index contributed by atoms with van der Waals surface area (Å²) in [5, 5.41) is 3.53. The number of aromatic nitrogens is 2. The summed E-state index contributed by atoms with van der Waals surface area (Å²) in [6.45, 7) is 6.48. The van der Waals surface area contributed by atoms with E-state index in [1.807, 2.05) is 0 Å². The van der Waals surface area contributed by atoms with Crippen LogP contribution in [0.25, 0.3) is 0 Å². The Balaban J connectivity index is 2.13. The van der Waals surface area contributed by atoms with Crippen LogP contribution >= 0.6 is 0 Å². The number of hydrogen-bond donors (Lipinski definition) is 3. The molecule has 5 heteroatoms. The summed E-state index contributed by atoms with van der Waals surface area (Å²) in [6.07, 6.45) is 5.35. The van der Waals surface area contributed by atoms with E-state index in [1.165, 1.54) is 19.3 Å². The summed E-state index contributed by atoms with van der Waals surface area (Å²) in [4.78, 5) is 8.54. The monoisotopic (exact) mass is 249 g/mol. The van der Waals surface area contributed by atoms with Crippen LogP contribution in [0.5, 0.6) is 0 Å². The highest BCUT2D eigenvalue weighted by Crippen LogP contribution is 2.39. The molecule has 100 valence electrons. The van der Waals surface area contributed by atoms with Crippen LogP contribution in [0.3, 0.4) is 0 Å². The molecule has 0 saturated heterocycles. The van der Waals surface area contributed by atoms with Gasteiger partial charge in [-0.3, -0.25) is 0 Å². The summed E-state index contributed by atoms with van der Waals surface area (Å²) >= 11 is 0. The summed E-state index contributed by atoms with van der Waals surface area (Å²) in [6, 6.07) is 0.572. The SMILES string of the molecule is CCCC1CC1Nc1ncnc(NN)c1C(C)C. The molecule has 2 rings (SSSR count). The largest absolute Gasteiger partial charge is 0.367 e. The van der Waals surface area contributed by atoms with Crippen LogP contribution in [-0.2, 0) is 0 Å². The van der Waals surface area contributed by atoms with Gasteiger partial charge in [-0.05, 0) is 24.7 Å². The highest BCUT2D eigenvalue weighted by atomic mass is 15.3. The normalized spacial score (nSPS) is 22.1. The molecule has 1 fully saturated rings. The molecule has 1 aromatic heterocycles. The minimum absolute atomic E-state index is 0.336. The van der Waals surface area contributed by atoms with Gasteiger partial charge < -0.3 is 10.7 Å². The second-order valence-corrected chi connectivity index (χ2v) is 5.32. The molecule has 4 N–H and O–H groups in total. The van der Waals surface area contributed by atoms with E-state index in [9.17, 15) is 0 Å². The smallest absolute Gasteiger partial charge is 0.148 e. The molecule has 1 aliphatic rings. The Morgan fingerprint density at radius 2 is 2.11 bits per heavy atom. The zero-order valence-electron chi connectivity index (χ0n) is 11.4. The standard InChI is InChI=1S/C13H23N5/c1-4-5-9-6-10(9)17-12-11(8(2)3)13(18-14)16-7-15-12/h7-10H,4-6,14H2,1-3H3,(H2,15,16,17,18). The lowest BCUT2D eigenvalue weighted by Crippen LogP contribution is -2.16. The fraction of sp³-hybridized carbons (Fsp3) is 0.692. The van der Waals surface area contributed by atoms with Gasteiger partial charge in [-0.25, -0.2) is 15.8 Å². The highest BCUT2D eigenvalue weighted by molar-refractivity contribution is 5.59. The van der Waals surface area contributed by atoms with E-state index >= 15 is 0 Å². The average molecular weight is 249 g/mol. The number of nitrogen functional groups attached to an aromatic ring is 1. The molecule has 1 saturated carbocycles. The summed E-state index contributed by atoms with van der Waals surface area (Å²) in [5.74, 6) is 8.30. The van der Waals surface area contributed by atoms with Gasteiger partial charge in [0.1, 0.15) is 18.0 Å². The quantitative estimate of drug-likeness (QED) is 0.533. The first-order valence-corrected chi connectivity index (χ1v) is 6.75. The number of nitrogens with zero attached hydrogens (tertiary/aromatic N) is 2. The Bertz CT molecular complexity index is 404. The summed E-state index contributed by atoms with van der Waals surface area (Å²) < 4.78 is 0. The van der Waals surface area contributed by atoms with Crippen molar-refractivity contribution in [3.05, 3.63) is 11.9 Å². The molecule has 0 aromatic carbocycles. The first-order valence-electron chi connectivity index (χ1n) is 6.75. The molecule has 0 spiro atoms. The van der Waals surface area contributed by atoms with Crippen molar-refractivity contribution >= 4 is 11.6 Å². The van der Waals surface area contributed by atoms with Gasteiger partial charge in [0.15, 0.2) is 0 Å². The van der Waals surface area contributed by atoms with E-state index in [0.717, 1.165) is 23.1 Å². The van der Waals surface area contributed by atoms with Crippen molar-refractivity contribution < 1.29 is 0 Å². The number of nitrogens with one attached hydrogen (secondary N) is 2. The Morgan fingerprint density at radius 3 is 2.72 bits per heavy atom. The molecule has 1 aliphatic carbocycles. The molecular weight excluding hydrogens is 226 g/mol. The van der Waals surface area contributed by atoms with E-state index < -0.39 is 0 Å². The van der Waals surface area contributed by atoms with Crippen molar-refractivity contribution in [3.63, 3.8) is 0 Å². The van der Waals surface area contributed by atoms with Gasteiger partial charge in [0.2, 0.25) is 0 Å². The molecular formula is C13H23N5. The van der Waals surface area contributed by atoms with Gasteiger partial charge in [-0.15, -0.1) is 0 Å². The predicted molar refractivity (Wildman–Crippen MR) is 74.4 cm³/mol. The zero-order valence-corrected chi connectivity index (χ0v) is 11.4. The molecule has 1 aromatic rings. The second kappa shape index (κ2) is 5.52. The van der Waals surface area contributed by atoms with E-state index in [1.54, 1.807) is 6.33 Å². The van der Waals surface area contributed by atoms with Gasteiger partial charge in [-0.2, -0.15) is 0 Å². The lowest BCUT2D eigenvalue weighted by Gasteiger charge is -2.16. The molecule has 0 bridgehead atoms. The highest BCUT2D eigenvalue weighted by Gasteiger charge is 2.36. The second-order valence-electron chi connectivity index (χ2n) is 5.32. The minimum Gasteiger partial charge on any atom is -0.367 e. The predicted octanol–water partition coefficient (Wildman–Crippen LogP) is 2.49. The third-order valence-corrected chi connectivity index (χ3v) is 3.50.